The Morgan fingerprint density at radius 1 is 1.32 bits per heavy atom. The maximum Gasteiger partial charge on any atom is 0.288 e. The molecular formula is C12H8BrF2NOS2. The van der Waals surface area contributed by atoms with Crippen LogP contribution in [0.1, 0.15) is 9.67 Å². The van der Waals surface area contributed by atoms with Gasteiger partial charge in [0.15, 0.2) is 0 Å². The van der Waals surface area contributed by atoms with E-state index in [0.29, 0.717) is 31.7 Å². The fourth-order valence-electron chi connectivity index (χ4n) is 1.40. The van der Waals surface area contributed by atoms with E-state index in [1.54, 1.807) is 35.7 Å². The number of thiophene rings is 1. The molecule has 1 N–H and O–H groups in total. The summed E-state index contributed by atoms with van der Waals surface area (Å²) in [6, 6.07) is 8.26. The molecule has 19 heavy (non-hydrogen) atoms. The van der Waals surface area contributed by atoms with Crippen LogP contribution in [0.2, 0.25) is 0 Å². The van der Waals surface area contributed by atoms with Crippen molar-refractivity contribution in [2.45, 2.75) is 10.7 Å². The van der Waals surface area contributed by atoms with Gasteiger partial charge in [0.2, 0.25) is 0 Å². The number of hydrogen-bond acceptors (Lipinski definition) is 3. The first-order valence-electron chi connectivity index (χ1n) is 5.16. The first kappa shape index (κ1) is 14.5. The number of nitrogens with one attached hydrogen (secondary N) is 1. The zero-order valence-electron chi connectivity index (χ0n) is 9.40. The second-order valence-electron chi connectivity index (χ2n) is 3.43. The molecule has 0 atom stereocenters. The molecule has 1 aromatic heterocycles. The quantitative estimate of drug-likeness (QED) is 0.767. The van der Waals surface area contributed by atoms with Gasteiger partial charge in [0.1, 0.15) is 4.88 Å². The molecule has 1 heterocycles. The zero-order chi connectivity index (χ0) is 13.8. The highest BCUT2D eigenvalue weighted by atomic mass is 79.9. The molecule has 2 aromatic rings. The molecule has 0 saturated carbocycles. The van der Waals surface area contributed by atoms with Gasteiger partial charge in [0, 0.05) is 9.37 Å². The Hall–Kier alpha value is -0.920. The lowest BCUT2D eigenvalue weighted by Gasteiger charge is -2.09. The molecule has 0 radical (unpaired) electrons. The van der Waals surface area contributed by atoms with Gasteiger partial charge in [-0.1, -0.05) is 23.9 Å². The largest absolute Gasteiger partial charge is 0.320 e. The summed E-state index contributed by atoms with van der Waals surface area (Å²) in [6.45, 7) is 0. The standard InChI is InChI=1S/C12H8BrF2NOS2/c13-7-5-6-18-10(7)11(17)16-8-3-1-2-4-9(8)19-12(14)15/h1-6,12H,(H,16,17). The Morgan fingerprint density at radius 2 is 2.05 bits per heavy atom. The molecule has 7 heteroatoms. The molecule has 2 rings (SSSR count). The van der Waals surface area contributed by atoms with Crippen LogP contribution in [-0.2, 0) is 0 Å². The third-order valence-electron chi connectivity index (χ3n) is 2.17. The summed E-state index contributed by atoms with van der Waals surface area (Å²) in [5, 5.41) is 4.42. The first-order chi connectivity index (χ1) is 9.08. The summed E-state index contributed by atoms with van der Waals surface area (Å²) in [4.78, 5) is 12.9. The second-order valence-corrected chi connectivity index (χ2v) is 6.23. The molecule has 0 fully saturated rings. The van der Waals surface area contributed by atoms with Crippen molar-refractivity contribution in [1.82, 2.24) is 0 Å². The van der Waals surface area contributed by atoms with Crippen LogP contribution >= 0.6 is 39.0 Å². The SMILES string of the molecule is O=C(Nc1ccccc1SC(F)F)c1sccc1Br. The van der Waals surface area contributed by atoms with Gasteiger partial charge in [0.25, 0.3) is 11.7 Å². The Morgan fingerprint density at radius 3 is 2.68 bits per heavy atom. The highest BCUT2D eigenvalue weighted by molar-refractivity contribution is 9.10. The van der Waals surface area contributed by atoms with E-state index in [0.717, 1.165) is 0 Å². The number of amides is 1. The predicted molar refractivity (Wildman–Crippen MR) is 78.3 cm³/mol. The third-order valence-corrected chi connectivity index (χ3v) is 4.80. The Labute approximate surface area is 125 Å². The fourth-order valence-corrected chi connectivity index (χ4v) is 3.45. The van der Waals surface area contributed by atoms with Crippen LogP contribution in [0.15, 0.2) is 45.1 Å². The molecule has 0 spiro atoms. The van der Waals surface area contributed by atoms with E-state index in [2.05, 4.69) is 21.2 Å². The van der Waals surface area contributed by atoms with Crippen molar-refractivity contribution in [2.75, 3.05) is 5.32 Å². The summed E-state index contributed by atoms with van der Waals surface area (Å²) in [5.41, 5.74) is 0.387. The molecule has 0 aliphatic heterocycles. The van der Waals surface area contributed by atoms with E-state index in [4.69, 9.17) is 0 Å². The van der Waals surface area contributed by atoms with Gasteiger partial charge >= 0.3 is 0 Å². The topological polar surface area (TPSA) is 29.1 Å². The van der Waals surface area contributed by atoms with Crippen LogP contribution in [0.5, 0.6) is 0 Å². The van der Waals surface area contributed by atoms with Crippen molar-refractivity contribution in [3.63, 3.8) is 0 Å². The zero-order valence-corrected chi connectivity index (χ0v) is 12.6. The number of para-hydroxylation sites is 1. The number of rotatable bonds is 4. The van der Waals surface area contributed by atoms with Crippen molar-refractivity contribution in [1.29, 1.82) is 0 Å². The highest BCUT2D eigenvalue weighted by Gasteiger charge is 2.15. The molecule has 0 saturated heterocycles. The Bertz CT molecular complexity index is 589. The van der Waals surface area contributed by atoms with E-state index >= 15 is 0 Å². The van der Waals surface area contributed by atoms with Crippen molar-refractivity contribution in [3.8, 4) is 0 Å². The summed E-state index contributed by atoms with van der Waals surface area (Å²) in [6.07, 6.45) is 0. The number of halogens is 3. The second kappa shape index (κ2) is 6.49. The van der Waals surface area contributed by atoms with E-state index in [-0.39, 0.29) is 5.91 Å². The maximum atomic E-state index is 12.4. The Kier molecular flexibility index (Phi) is 4.95. The maximum absolute atomic E-state index is 12.4. The number of carbonyl (C=O) groups excluding carboxylic acids is 1. The van der Waals surface area contributed by atoms with Crippen molar-refractivity contribution < 1.29 is 13.6 Å². The molecule has 0 aliphatic rings. The minimum absolute atomic E-state index is 0.316. The van der Waals surface area contributed by atoms with Gasteiger partial charge in [0.05, 0.1) is 5.69 Å². The fraction of sp³-hybridized carbons (Fsp3) is 0.0833. The van der Waals surface area contributed by atoms with E-state index in [1.165, 1.54) is 11.3 Å². The molecule has 1 aromatic carbocycles. The molecule has 100 valence electrons. The van der Waals surface area contributed by atoms with E-state index in [1.807, 2.05) is 0 Å². The lowest BCUT2D eigenvalue weighted by molar-refractivity contribution is 0.102. The molecular weight excluding hydrogens is 356 g/mol. The van der Waals surface area contributed by atoms with Crippen molar-refractivity contribution in [2.24, 2.45) is 0 Å². The van der Waals surface area contributed by atoms with Crippen LogP contribution in [-0.4, -0.2) is 11.7 Å². The summed E-state index contributed by atoms with van der Waals surface area (Å²) < 4.78 is 25.5. The number of anilines is 1. The number of alkyl halides is 2. The summed E-state index contributed by atoms with van der Waals surface area (Å²) in [7, 11) is 0. The van der Waals surface area contributed by atoms with E-state index in [9.17, 15) is 13.6 Å². The lowest BCUT2D eigenvalue weighted by atomic mass is 10.3. The minimum atomic E-state index is -2.52. The van der Waals surface area contributed by atoms with Gasteiger partial charge in [-0.05, 0) is 39.5 Å². The average Bonchev–Trinajstić information content (AvgIpc) is 2.77. The molecule has 0 bridgehead atoms. The molecule has 0 unspecified atom stereocenters. The van der Waals surface area contributed by atoms with Gasteiger partial charge in [-0.25, -0.2) is 0 Å². The van der Waals surface area contributed by atoms with Gasteiger partial charge in [-0.15, -0.1) is 11.3 Å². The molecule has 1 amide bonds. The van der Waals surface area contributed by atoms with Gasteiger partial charge < -0.3 is 5.32 Å². The number of hydrogen-bond donors (Lipinski definition) is 1. The normalized spacial score (nSPS) is 10.7. The van der Waals surface area contributed by atoms with Crippen molar-refractivity contribution >= 4 is 50.6 Å². The lowest BCUT2D eigenvalue weighted by Crippen LogP contribution is -2.11. The van der Waals surface area contributed by atoms with Crippen LogP contribution in [0.3, 0.4) is 0 Å². The van der Waals surface area contributed by atoms with Gasteiger partial charge in [-0.3, -0.25) is 4.79 Å². The Balaban J connectivity index is 2.19. The summed E-state index contributed by atoms with van der Waals surface area (Å²) >= 11 is 4.96. The van der Waals surface area contributed by atoms with Gasteiger partial charge in [-0.2, -0.15) is 8.78 Å². The van der Waals surface area contributed by atoms with Crippen LogP contribution < -0.4 is 5.32 Å². The number of benzene rings is 1. The average molecular weight is 364 g/mol. The van der Waals surface area contributed by atoms with Crippen molar-refractivity contribution in [3.05, 3.63) is 45.1 Å². The van der Waals surface area contributed by atoms with E-state index < -0.39 is 5.76 Å². The van der Waals surface area contributed by atoms with Crippen LogP contribution in [0.4, 0.5) is 14.5 Å². The predicted octanol–water partition coefficient (Wildman–Crippen LogP) is 5.08. The minimum Gasteiger partial charge on any atom is -0.320 e. The van der Waals surface area contributed by atoms with Crippen LogP contribution in [0, 0.1) is 0 Å². The first-order valence-corrected chi connectivity index (χ1v) is 7.71. The third kappa shape index (κ3) is 3.77. The monoisotopic (exact) mass is 363 g/mol. The smallest absolute Gasteiger partial charge is 0.288 e. The number of thioether (sulfide) groups is 1. The summed E-state index contributed by atoms with van der Waals surface area (Å²) in [5.74, 6) is -2.84. The number of carbonyl (C=O) groups is 1. The molecule has 0 aliphatic carbocycles. The van der Waals surface area contributed by atoms with Crippen LogP contribution in [0.25, 0.3) is 0 Å². The molecule has 2 nitrogen and oxygen atoms in total. The highest BCUT2D eigenvalue weighted by Crippen LogP contribution is 2.32.